The van der Waals surface area contributed by atoms with E-state index in [0.29, 0.717) is 12.8 Å². The third-order valence-electron chi connectivity index (χ3n) is 2.30. The van der Waals surface area contributed by atoms with Crippen molar-refractivity contribution in [2.75, 3.05) is 13.1 Å². The highest BCUT2D eigenvalue weighted by Crippen LogP contribution is 2.12. The summed E-state index contributed by atoms with van der Waals surface area (Å²) in [6, 6.07) is 0. The molecule has 0 bridgehead atoms. The summed E-state index contributed by atoms with van der Waals surface area (Å²) < 4.78 is 0. The molecule has 1 aliphatic heterocycles. The molecule has 1 rings (SSSR count). The Balaban J connectivity index is 2.60. The number of carbonyl (C=O) groups excluding carboxylic acids is 2. The molecule has 0 aromatic rings. The number of hydrogen-bond acceptors (Lipinski definition) is 4. The van der Waals surface area contributed by atoms with Gasteiger partial charge in [0.05, 0.1) is 12.6 Å². The molecule has 1 saturated heterocycles. The molecule has 0 aromatic heterocycles. The predicted molar refractivity (Wildman–Crippen MR) is 50.2 cm³/mol. The van der Waals surface area contributed by atoms with Crippen LogP contribution in [0.5, 0.6) is 0 Å². The van der Waals surface area contributed by atoms with Gasteiger partial charge >= 0.3 is 0 Å². The van der Waals surface area contributed by atoms with Gasteiger partial charge in [0.2, 0.25) is 11.8 Å². The van der Waals surface area contributed by atoms with E-state index in [0.717, 1.165) is 17.7 Å². The predicted octanol–water partition coefficient (Wildman–Crippen LogP) is -0.765. The molecule has 80 valence electrons. The molecule has 1 heterocycles. The number of β-amino-alcohol motifs (C(OH)–C–C–N with tert-alkyl or cyclic N) is 1. The number of aliphatic hydroxyl groups excluding tert-OH is 1. The van der Waals surface area contributed by atoms with Crippen molar-refractivity contribution in [2.45, 2.75) is 31.8 Å². The number of nitrogens with two attached hydrogens (primary N) is 1. The molecule has 0 spiro atoms. The number of imide groups is 1. The first-order valence-electron chi connectivity index (χ1n) is 4.86. The lowest BCUT2D eigenvalue weighted by Gasteiger charge is -2.21. The zero-order valence-electron chi connectivity index (χ0n) is 8.11. The zero-order valence-corrected chi connectivity index (χ0v) is 8.11. The van der Waals surface area contributed by atoms with Crippen LogP contribution in [0.1, 0.15) is 25.7 Å². The molecule has 1 aliphatic rings. The number of hydrogen-bond donors (Lipinski definition) is 2. The minimum Gasteiger partial charge on any atom is -0.390 e. The maximum atomic E-state index is 11.4. The van der Waals surface area contributed by atoms with E-state index in [4.69, 9.17) is 5.73 Å². The normalized spacial score (nSPS) is 20.9. The van der Waals surface area contributed by atoms with Crippen molar-refractivity contribution in [1.82, 2.24) is 4.90 Å². The lowest BCUT2D eigenvalue weighted by atomic mass is 10.2. The summed E-state index contributed by atoms with van der Waals surface area (Å²) in [6.07, 6.45) is 1.48. The zero-order chi connectivity index (χ0) is 10.6. The average molecular weight is 200 g/mol. The maximum Gasteiger partial charge on any atom is 0.229 e. The summed E-state index contributed by atoms with van der Waals surface area (Å²) in [5, 5.41) is 9.27. The monoisotopic (exact) mass is 200 g/mol. The van der Waals surface area contributed by atoms with Gasteiger partial charge in [0.25, 0.3) is 0 Å². The Morgan fingerprint density at radius 3 is 2.21 bits per heavy atom. The molecule has 1 fully saturated rings. The summed E-state index contributed by atoms with van der Waals surface area (Å²) in [4.78, 5) is 24.0. The highest BCUT2D eigenvalue weighted by Gasteiger charge is 2.25. The molecule has 0 aliphatic carbocycles. The van der Waals surface area contributed by atoms with Crippen LogP contribution in [-0.4, -0.2) is 41.0 Å². The van der Waals surface area contributed by atoms with Crippen molar-refractivity contribution in [3.05, 3.63) is 0 Å². The fourth-order valence-electron chi connectivity index (χ4n) is 1.45. The lowest BCUT2D eigenvalue weighted by Crippen LogP contribution is -2.42. The van der Waals surface area contributed by atoms with Crippen molar-refractivity contribution in [3.8, 4) is 0 Å². The van der Waals surface area contributed by atoms with E-state index >= 15 is 0 Å². The van der Waals surface area contributed by atoms with Gasteiger partial charge in [-0.2, -0.15) is 0 Å². The fraction of sp³-hybridized carbons (Fsp3) is 0.778. The molecule has 1 atom stereocenters. The second-order valence-electron chi connectivity index (χ2n) is 3.49. The average Bonchev–Trinajstić information content (AvgIpc) is 2.32. The summed E-state index contributed by atoms with van der Waals surface area (Å²) >= 11 is 0. The molecule has 3 N–H and O–H groups in total. The first kappa shape index (κ1) is 11.1. The van der Waals surface area contributed by atoms with Crippen molar-refractivity contribution < 1.29 is 14.7 Å². The van der Waals surface area contributed by atoms with Gasteiger partial charge in [-0.05, 0) is 12.8 Å². The van der Waals surface area contributed by atoms with Crippen LogP contribution < -0.4 is 5.73 Å². The van der Waals surface area contributed by atoms with E-state index in [-0.39, 0.29) is 24.9 Å². The quantitative estimate of drug-likeness (QED) is 0.586. The van der Waals surface area contributed by atoms with E-state index in [1.54, 1.807) is 0 Å². The number of likely N-dealkylation sites (tertiary alicyclic amines) is 1. The second-order valence-corrected chi connectivity index (χ2v) is 3.49. The maximum absolute atomic E-state index is 11.4. The highest BCUT2D eigenvalue weighted by molar-refractivity contribution is 5.96. The Kier molecular flexibility index (Phi) is 4.03. The lowest BCUT2D eigenvalue weighted by molar-refractivity contribution is -0.145. The molecular weight excluding hydrogens is 184 g/mol. The van der Waals surface area contributed by atoms with E-state index in [1.807, 2.05) is 0 Å². The molecule has 5 nitrogen and oxygen atoms in total. The van der Waals surface area contributed by atoms with Crippen LogP contribution in [0.25, 0.3) is 0 Å². The largest absolute Gasteiger partial charge is 0.390 e. The molecule has 0 aromatic carbocycles. The minimum atomic E-state index is -0.805. The summed E-state index contributed by atoms with van der Waals surface area (Å²) in [6.45, 7) is 0.102. The topological polar surface area (TPSA) is 83.6 Å². The Morgan fingerprint density at radius 2 is 1.79 bits per heavy atom. The van der Waals surface area contributed by atoms with Crippen molar-refractivity contribution >= 4 is 11.8 Å². The molecule has 0 saturated carbocycles. The Morgan fingerprint density at radius 1 is 1.29 bits per heavy atom. The van der Waals surface area contributed by atoms with E-state index < -0.39 is 6.10 Å². The van der Waals surface area contributed by atoms with Crippen molar-refractivity contribution in [3.63, 3.8) is 0 Å². The van der Waals surface area contributed by atoms with Crippen LogP contribution >= 0.6 is 0 Å². The Hall–Kier alpha value is -0.940. The highest BCUT2D eigenvalue weighted by atomic mass is 16.3. The van der Waals surface area contributed by atoms with Gasteiger partial charge in [-0.25, -0.2) is 0 Å². The smallest absolute Gasteiger partial charge is 0.229 e. The molecule has 2 amide bonds. The van der Waals surface area contributed by atoms with Crippen molar-refractivity contribution in [2.24, 2.45) is 5.73 Å². The Labute approximate surface area is 82.9 Å². The number of aliphatic hydroxyl groups is 1. The van der Waals surface area contributed by atoms with Crippen LogP contribution in [0.15, 0.2) is 0 Å². The fourth-order valence-corrected chi connectivity index (χ4v) is 1.45. The van der Waals surface area contributed by atoms with Crippen LogP contribution in [0.4, 0.5) is 0 Å². The van der Waals surface area contributed by atoms with Gasteiger partial charge in [0.1, 0.15) is 0 Å². The van der Waals surface area contributed by atoms with E-state index in [2.05, 4.69) is 0 Å². The van der Waals surface area contributed by atoms with Crippen LogP contribution in [0.3, 0.4) is 0 Å². The van der Waals surface area contributed by atoms with Crippen LogP contribution in [0.2, 0.25) is 0 Å². The van der Waals surface area contributed by atoms with Crippen LogP contribution in [0, 0.1) is 0 Å². The third-order valence-corrected chi connectivity index (χ3v) is 2.30. The minimum absolute atomic E-state index is 0.0359. The van der Waals surface area contributed by atoms with E-state index in [1.165, 1.54) is 0 Å². The number of nitrogens with zero attached hydrogens (tertiary/aromatic N) is 1. The van der Waals surface area contributed by atoms with Gasteiger partial charge in [0, 0.05) is 19.4 Å². The Bertz CT molecular complexity index is 212. The number of amides is 2. The van der Waals surface area contributed by atoms with Crippen molar-refractivity contribution in [1.29, 1.82) is 0 Å². The summed E-state index contributed by atoms with van der Waals surface area (Å²) in [7, 11) is 0. The third kappa shape index (κ3) is 2.78. The van der Waals surface area contributed by atoms with E-state index in [9.17, 15) is 14.7 Å². The molecule has 5 heteroatoms. The molecule has 0 radical (unpaired) electrons. The first-order chi connectivity index (χ1) is 6.65. The standard InChI is InChI=1S/C9H16N2O3/c10-5-7(12)6-11-8(13)3-1-2-4-9(11)14/h7,12H,1-6,10H2. The number of rotatable bonds is 3. The van der Waals surface area contributed by atoms with Gasteiger partial charge in [-0.15, -0.1) is 0 Å². The molecule has 1 unspecified atom stereocenters. The first-order valence-corrected chi connectivity index (χ1v) is 4.86. The second kappa shape index (κ2) is 5.07. The SMILES string of the molecule is NCC(O)CN1C(=O)CCCCC1=O. The summed E-state index contributed by atoms with van der Waals surface area (Å²) in [5.41, 5.74) is 5.22. The molecular formula is C9H16N2O3. The van der Waals surface area contributed by atoms with Gasteiger partial charge in [-0.1, -0.05) is 0 Å². The van der Waals surface area contributed by atoms with Crippen LogP contribution in [-0.2, 0) is 9.59 Å². The van der Waals surface area contributed by atoms with Gasteiger partial charge in [-0.3, -0.25) is 14.5 Å². The van der Waals surface area contributed by atoms with Gasteiger partial charge < -0.3 is 10.8 Å². The summed E-state index contributed by atoms with van der Waals surface area (Å²) in [5.74, 6) is -0.389. The number of carbonyl (C=O) groups is 2. The molecule has 14 heavy (non-hydrogen) atoms. The van der Waals surface area contributed by atoms with Gasteiger partial charge in [0.15, 0.2) is 0 Å².